The molecular weight excluding hydrogens is 769 g/mol. The second-order valence-corrected chi connectivity index (χ2v) is 17.0. The summed E-state index contributed by atoms with van der Waals surface area (Å²) in [6, 6.07) is 19.6. The summed E-state index contributed by atoms with van der Waals surface area (Å²) in [6.45, 7) is 11.7. The predicted octanol–water partition coefficient (Wildman–Crippen LogP) is 4.57. The first-order chi connectivity index (χ1) is 28.2. The Morgan fingerprint density at radius 3 is 2.32 bits per heavy atom. The van der Waals surface area contributed by atoms with Gasteiger partial charge in [0.2, 0.25) is 11.8 Å². The third kappa shape index (κ3) is 8.98. The van der Waals surface area contributed by atoms with Gasteiger partial charge in [0.05, 0.1) is 39.6 Å². The number of aliphatic hydroxyl groups excluding tert-OH is 1. The lowest BCUT2D eigenvalue weighted by atomic mass is 9.85. The first-order valence-corrected chi connectivity index (χ1v) is 20.5. The molecular formula is C43H50N10O5S. The fourth-order valence-electron chi connectivity index (χ4n) is 7.59. The van der Waals surface area contributed by atoms with Gasteiger partial charge in [0.25, 0.3) is 5.91 Å². The normalized spacial score (nSPS) is 18.0. The van der Waals surface area contributed by atoms with E-state index in [0.29, 0.717) is 48.9 Å². The number of phenols is 1. The molecule has 6 N–H and O–H groups in total. The van der Waals surface area contributed by atoms with Crippen molar-refractivity contribution in [3.63, 3.8) is 0 Å². The summed E-state index contributed by atoms with van der Waals surface area (Å²) in [5, 5.41) is 35.4. The Kier molecular flexibility index (Phi) is 11.8. The molecule has 15 nitrogen and oxygen atoms in total. The average Bonchev–Trinajstić information content (AvgIpc) is 3.85. The van der Waals surface area contributed by atoms with Crippen LogP contribution in [-0.4, -0.2) is 104 Å². The highest BCUT2D eigenvalue weighted by atomic mass is 32.1. The zero-order valence-electron chi connectivity index (χ0n) is 33.8. The standard InChI is InChI=1S/C43H50N10O5S/c1-25(27-13-15-28(16-14-27)37-26(2)45-24-59-37)46-41(57)34-21-29(54)23-53(34)42(58)38(43(3,4)5)48-40(56)31-10-8-12-36(47-31)52-19-17-51(18-20-52)33-22-32(49-50-39(33)44)30-9-6-7-11-35(30)55/h6-16,22,24-25,29,34,38,54-55H,17-21,23H2,1-5H3,(H2,44,50)(H,46,57)(H,48,56). The highest BCUT2D eigenvalue weighted by Gasteiger charge is 2.45. The number of carbonyl (C=O) groups excluding carboxylic acids is 3. The molecule has 5 aromatic rings. The van der Waals surface area contributed by atoms with Crippen molar-refractivity contribution in [3.05, 3.63) is 95.3 Å². The third-order valence-corrected chi connectivity index (χ3v) is 11.9. The summed E-state index contributed by atoms with van der Waals surface area (Å²) in [5.74, 6) is -0.375. The van der Waals surface area contributed by atoms with Crippen molar-refractivity contribution in [2.75, 3.05) is 48.3 Å². The van der Waals surface area contributed by atoms with Gasteiger partial charge >= 0.3 is 0 Å². The molecule has 3 aromatic heterocycles. The molecule has 2 aromatic carbocycles. The Balaban J connectivity index is 0.996. The number of aromatic nitrogens is 4. The Morgan fingerprint density at radius 1 is 0.932 bits per heavy atom. The van der Waals surface area contributed by atoms with E-state index in [-0.39, 0.29) is 42.2 Å². The number of anilines is 3. The quantitative estimate of drug-likeness (QED) is 0.132. The van der Waals surface area contributed by atoms with Crippen molar-refractivity contribution in [1.82, 2.24) is 35.7 Å². The van der Waals surface area contributed by atoms with Crippen molar-refractivity contribution in [2.24, 2.45) is 5.41 Å². The van der Waals surface area contributed by atoms with Crippen LogP contribution in [0.15, 0.2) is 78.3 Å². The number of nitrogens with zero attached hydrogens (tertiary/aromatic N) is 7. The van der Waals surface area contributed by atoms with Crippen LogP contribution in [0.25, 0.3) is 21.7 Å². The van der Waals surface area contributed by atoms with Gasteiger partial charge in [0, 0.05) is 44.7 Å². The van der Waals surface area contributed by atoms with Gasteiger partial charge in [0.15, 0.2) is 5.82 Å². The summed E-state index contributed by atoms with van der Waals surface area (Å²) in [6.07, 6.45) is -0.815. The number of β-amino-alcohol motifs (C(OH)–C–C–N with tert-alkyl or cyclic N) is 1. The van der Waals surface area contributed by atoms with E-state index < -0.39 is 35.4 Å². The number of nitrogen functional groups attached to an aromatic ring is 1. The number of carbonyl (C=O) groups is 3. The lowest BCUT2D eigenvalue weighted by molar-refractivity contribution is -0.142. The molecule has 2 aliphatic rings. The zero-order chi connectivity index (χ0) is 42.0. The Labute approximate surface area is 347 Å². The molecule has 0 saturated carbocycles. The van der Waals surface area contributed by atoms with Crippen LogP contribution >= 0.6 is 11.3 Å². The van der Waals surface area contributed by atoms with Crippen LogP contribution < -0.4 is 26.2 Å². The number of aromatic hydroxyl groups is 1. The van der Waals surface area contributed by atoms with Gasteiger partial charge < -0.3 is 41.3 Å². The summed E-state index contributed by atoms with van der Waals surface area (Å²) in [7, 11) is 0. The van der Waals surface area contributed by atoms with Gasteiger partial charge in [-0.1, -0.05) is 63.2 Å². The first-order valence-electron chi connectivity index (χ1n) is 19.7. The van der Waals surface area contributed by atoms with E-state index in [4.69, 9.17) is 10.7 Å². The summed E-state index contributed by atoms with van der Waals surface area (Å²) in [4.78, 5) is 57.6. The van der Waals surface area contributed by atoms with Crippen molar-refractivity contribution in [3.8, 4) is 27.4 Å². The van der Waals surface area contributed by atoms with E-state index >= 15 is 0 Å². The van der Waals surface area contributed by atoms with Crippen LogP contribution in [0.5, 0.6) is 5.75 Å². The lowest BCUT2D eigenvalue weighted by Crippen LogP contribution is -2.58. The minimum absolute atomic E-state index is 0.0341. The van der Waals surface area contributed by atoms with Crippen molar-refractivity contribution in [1.29, 1.82) is 0 Å². The number of thiazole rings is 1. The number of piperazine rings is 1. The summed E-state index contributed by atoms with van der Waals surface area (Å²) in [5.41, 5.74) is 12.1. The molecule has 0 radical (unpaired) electrons. The Hall–Kier alpha value is -6.13. The number of rotatable bonds is 10. The predicted molar refractivity (Wildman–Crippen MR) is 228 cm³/mol. The number of hydrogen-bond donors (Lipinski definition) is 5. The molecule has 0 spiro atoms. The highest BCUT2D eigenvalue weighted by molar-refractivity contribution is 7.13. The maximum Gasteiger partial charge on any atom is 0.270 e. The van der Waals surface area contributed by atoms with Crippen LogP contribution in [0.4, 0.5) is 17.3 Å². The van der Waals surface area contributed by atoms with Gasteiger partial charge in [-0.05, 0) is 60.7 Å². The van der Waals surface area contributed by atoms with E-state index in [0.717, 1.165) is 21.7 Å². The number of phenolic OH excluding ortho intramolecular Hbond substituents is 1. The molecule has 308 valence electrons. The van der Waals surface area contributed by atoms with E-state index in [1.807, 2.05) is 82.6 Å². The van der Waals surface area contributed by atoms with Crippen LogP contribution in [0.1, 0.15) is 61.9 Å². The smallest absolute Gasteiger partial charge is 0.270 e. The fourth-order valence-corrected chi connectivity index (χ4v) is 8.40. The van der Waals surface area contributed by atoms with Crippen LogP contribution in [-0.2, 0) is 9.59 Å². The maximum absolute atomic E-state index is 14.3. The minimum Gasteiger partial charge on any atom is -0.507 e. The second-order valence-electron chi connectivity index (χ2n) is 16.2. The summed E-state index contributed by atoms with van der Waals surface area (Å²) >= 11 is 1.57. The number of nitrogens with one attached hydrogen (secondary N) is 2. The third-order valence-electron chi connectivity index (χ3n) is 10.9. The molecule has 0 aliphatic carbocycles. The topological polar surface area (TPSA) is 203 Å². The molecule has 5 heterocycles. The van der Waals surface area contributed by atoms with Crippen molar-refractivity contribution < 1.29 is 24.6 Å². The average molecular weight is 819 g/mol. The zero-order valence-corrected chi connectivity index (χ0v) is 34.6. The molecule has 3 amide bonds. The number of aliphatic hydroxyl groups is 1. The Bertz CT molecular complexity index is 2320. The molecule has 4 unspecified atom stereocenters. The van der Waals surface area contributed by atoms with Gasteiger partial charge in [-0.25, -0.2) is 9.97 Å². The Morgan fingerprint density at radius 2 is 1.64 bits per heavy atom. The number of likely N-dealkylation sites (tertiary alicyclic amines) is 1. The number of nitrogens with two attached hydrogens (primary N) is 1. The number of pyridine rings is 1. The fraction of sp³-hybridized carbons (Fsp3) is 0.372. The van der Waals surface area contributed by atoms with E-state index in [9.17, 15) is 24.6 Å². The summed E-state index contributed by atoms with van der Waals surface area (Å²) < 4.78 is 0. The monoisotopic (exact) mass is 818 g/mol. The molecule has 7 rings (SSSR count). The number of hydrogen-bond acceptors (Lipinski definition) is 13. The van der Waals surface area contributed by atoms with Gasteiger partial charge in [-0.2, -0.15) is 0 Å². The lowest BCUT2D eigenvalue weighted by Gasteiger charge is -2.37. The van der Waals surface area contributed by atoms with E-state index in [1.165, 1.54) is 4.90 Å². The SMILES string of the molecule is Cc1ncsc1-c1ccc(C(C)NC(=O)C2CC(O)CN2C(=O)C(NC(=O)c2cccc(N3CCN(c4cc(-c5ccccc5O)nnc4N)CC3)n2)C(C)(C)C)cc1. The van der Waals surface area contributed by atoms with Crippen molar-refractivity contribution in [2.45, 2.75) is 65.3 Å². The molecule has 59 heavy (non-hydrogen) atoms. The molecule has 0 bridgehead atoms. The molecule has 16 heteroatoms. The van der Waals surface area contributed by atoms with Gasteiger partial charge in [-0.15, -0.1) is 21.5 Å². The molecule has 4 atom stereocenters. The minimum atomic E-state index is -1.02. The number of benzene rings is 2. The number of para-hydroxylation sites is 1. The van der Waals surface area contributed by atoms with Crippen LogP contribution in [0.3, 0.4) is 0 Å². The second kappa shape index (κ2) is 17.0. The van der Waals surface area contributed by atoms with Gasteiger partial charge in [-0.3, -0.25) is 14.4 Å². The highest BCUT2D eigenvalue weighted by Crippen LogP contribution is 2.33. The molecule has 2 saturated heterocycles. The van der Waals surface area contributed by atoms with Crippen LogP contribution in [0, 0.1) is 12.3 Å². The number of amides is 3. The van der Waals surface area contributed by atoms with E-state index in [2.05, 4.69) is 35.6 Å². The maximum atomic E-state index is 14.3. The largest absolute Gasteiger partial charge is 0.507 e. The first kappa shape index (κ1) is 41.0. The number of aryl methyl sites for hydroxylation is 1. The van der Waals surface area contributed by atoms with Crippen LogP contribution in [0.2, 0.25) is 0 Å². The van der Waals surface area contributed by atoms with Gasteiger partial charge in [0.1, 0.15) is 29.3 Å². The molecule has 2 fully saturated rings. The van der Waals surface area contributed by atoms with Crippen molar-refractivity contribution >= 4 is 46.4 Å². The van der Waals surface area contributed by atoms with E-state index in [1.54, 1.807) is 41.7 Å². The molecule has 2 aliphatic heterocycles.